The van der Waals surface area contributed by atoms with Gasteiger partial charge in [-0.15, -0.1) is 0 Å². The molecule has 1 aromatic rings. The zero-order valence-electron chi connectivity index (χ0n) is 9.12. The van der Waals surface area contributed by atoms with Crippen LogP contribution in [-0.4, -0.2) is 18.9 Å². The van der Waals surface area contributed by atoms with Gasteiger partial charge < -0.3 is 11.1 Å². The largest absolute Gasteiger partial charge is 0.385 e. The minimum atomic E-state index is 0.0978. The standard InChI is InChI=1S/C12H18N2O/c1-10(15)11-5-4-6-12(9-11)14-8-3-2-7-13/h4-6,9,14H,2-3,7-8,13H2,1H3. The number of anilines is 1. The molecule has 0 amide bonds. The Morgan fingerprint density at radius 1 is 1.40 bits per heavy atom. The summed E-state index contributed by atoms with van der Waals surface area (Å²) in [5, 5.41) is 3.27. The van der Waals surface area contributed by atoms with Gasteiger partial charge in [-0.2, -0.15) is 0 Å². The molecule has 0 saturated heterocycles. The van der Waals surface area contributed by atoms with Crippen LogP contribution in [0.2, 0.25) is 0 Å². The van der Waals surface area contributed by atoms with E-state index >= 15 is 0 Å². The van der Waals surface area contributed by atoms with E-state index in [0.717, 1.165) is 37.2 Å². The molecule has 0 aromatic heterocycles. The zero-order valence-corrected chi connectivity index (χ0v) is 9.12. The minimum absolute atomic E-state index is 0.0978. The summed E-state index contributed by atoms with van der Waals surface area (Å²) in [6.07, 6.45) is 2.08. The molecule has 3 nitrogen and oxygen atoms in total. The van der Waals surface area contributed by atoms with Gasteiger partial charge >= 0.3 is 0 Å². The van der Waals surface area contributed by atoms with Crippen LogP contribution in [0.25, 0.3) is 0 Å². The molecular weight excluding hydrogens is 188 g/mol. The number of nitrogens with one attached hydrogen (secondary N) is 1. The summed E-state index contributed by atoms with van der Waals surface area (Å²) in [6.45, 7) is 3.21. The van der Waals surface area contributed by atoms with Gasteiger partial charge in [0, 0.05) is 17.8 Å². The molecule has 0 aliphatic heterocycles. The molecule has 15 heavy (non-hydrogen) atoms. The lowest BCUT2D eigenvalue weighted by molar-refractivity contribution is 0.101. The fraction of sp³-hybridized carbons (Fsp3) is 0.417. The Labute approximate surface area is 90.7 Å². The summed E-state index contributed by atoms with van der Waals surface area (Å²) in [5.74, 6) is 0.0978. The number of carbonyl (C=O) groups excluding carboxylic acids is 1. The molecule has 0 atom stereocenters. The molecule has 0 heterocycles. The Hall–Kier alpha value is -1.35. The Kier molecular flexibility index (Phi) is 4.84. The van der Waals surface area contributed by atoms with Crippen molar-refractivity contribution in [3.05, 3.63) is 29.8 Å². The van der Waals surface area contributed by atoms with Crippen LogP contribution >= 0.6 is 0 Å². The molecule has 0 radical (unpaired) electrons. The molecule has 1 rings (SSSR count). The summed E-state index contributed by atoms with van der Waals surface area (Å²) in [4.78, 5) is 11.1. The van der Waals surface area contributed by atoms with E-state index in [1.165, 1.54) is 0 Å². The van der Waals surface area contributed by atoms with Gasteiger partial charge in [0.1, 0.15) is 0 Å². The monoisotopic (exact) mass is 206 g/mol. The first-order valence-electron chi connectivity index (χ1n) is 5.29. The number of unbranched alkanes of at least 4 members (excludes halogenated alkanes) is 1. The number of ketones is 1. The lowest BCUT2D eigenvalue weighted by Gasteiger charge is -2.06. The van der Waals surface area contributed by atoms with Crippen molar-refractivity contribution in [2.75, 3.05) is 18.4 Å². The first-order valence-corrected chi connectivity index (χ1v) is 5.29. The molecule has 1 aromatic carbocycles. The van der Waals surface area contributed by atoms with Crippen molar-refractivity contribution in [2.24, 2.45) is 5.73 Å². The second-order valence-electron chi connectivity index (χ2n) is 3.56. The van der Waals surface area contributed by atoms with Crippen molar-refractivity contribution in [2.45, 2.75) is 19.8 Å². The highest BCUT2D eigenvalue weighted by Crippen LogP contribution is 2.11. The second kappa shape index (κ2) is 6.19. The molecule has 0 aliphatic carbocycles. The number of benzene rings is 1. The third-order valence-corrected chi connectivity index (χ3v) is 2.23. The highest BCUT2D eigenvalue weighted by Gasteiger charge is 1.99. The number of Topliss-reactive ketones (excluding diaryl/α,β-unsaturated/α-hetero) is 1. The summed E-state index contributed by atoms with van der Waals surface area (Å²) in [7, 11) is 0. The third kappa shape index (κ3) is 4.13. The lowest BCUT2D eigenvalue weighted by Crippen LogP contribution is -2.06. The average Bonchev–Trinajstić information content (AvgIpc) is 2.25. The van der Waals surface area contributed by atoms with Gasteiger partial charge in [-0.3, -0.25) is 4.79 Å². The first-order chi connectivity index (χ1) is 7.24. The van der Waals surface area contributed by atoms with E-state index in [2.05, 4.69) is 5.32 Å². The quantitative estimate of drug-likeness (QED) is 0.553. The van der Waals surface area contributed by atoms with Crippen LogP contribution in [0.5, 0.6) is 0 Å². The van der Waals surface area contributed by atoms with Gasteiger partial charge in [-0.25, -0.2) is 0 Å². The highest BCUT2D eigenvalue weighted by molar-refractivity contribution is 5.94. The topological polar surface area (TPSA) is 55.1 Å². The van der Waals surface area contributed by atoms with Gasteiger partial charge in [-0.05, 0) is 38.4 Å². The molecule has 0 spiro atoms. The predicted molar refractivity (Wildman–Crippen MR) is 63.2 cm³/mol. The second-order valence-corrected chi connectivity index (χ2v) is 3.56. The van der Waals surface area contributed by atoms with E-state index < -0.39 is 0 Å². The fourth-order valence-corrected chi connectivity index (χ4v) is 1.35. The number of rotatable bonds is 6. The van der Waals surface area contributed by atoms with Gasteiger partial charge in [0.05, 0.1) is 0 Å². The van der Waals surface area contributed by atoms with Gasteiger partial charge in [-0.1, -0.05) is 12.1 Å². The third-order valence-electron chi connectivity index (χ3n) is 2.23. The van der Waals surface area contributed by atoms with Crippen molar-refractivity contribution in [3.8, 4) is 0 Å². The molecule has 0 aliphatic rings. The van der Waals surface area contributed by atoms with Crippen LogP contribution in [0, 0.1) is 0 Å². The van der Waals surface area contributed by atoms with E-state index in [4.69, 9.17) is 5.73 Å². The number of hydrogen-bond donors (Lipinski definition) is 2. The van der Waals surface area contributed by atoms with Crippen LogP contribution in [0.4, 0.5) is 5.69 Å². The molecule has 0 saturated carbocycles. The average molecular weight is 206 g/mol. The van der Waals surface area contributed by atoms with Crippen LogP contribution in [0.1, 0.15) is 30.1 Å². The van der Waals surface area contributed by atoms with Crippen molar-refractivity contribution >= 4 is 11.5 Å². The summed E-state index contributed by atoms with van der Waals surface area (Å²) < 4.78 is 0. The maximum Gasteiger partial charge on any atom is 0.159 e. The van der Waals surface area contributed by atoms with E-state index in [-0.39, 0.29) is 5.78 Å². The highest BCUT2D eigenvalue weighted by atomic mass is 16.1. The summed E-state index contributed by atoms with van der Waals surface area (Å²) in [6, 6.07) is 7.56. The SMILES string of the molecule is CC(=O)c1cccc(NCCCCN)c1. The van der Waals surface area contributed by atoms with Crippen molar-refractivity contribution < 1.29 is 4.79 Å². The molecule has 0 fully saturated rings. The van der Waals surface area contributed by atoms with E-state index in [1.807, 2.05) is 24.3 Å². The predicted octanol–water partition coefficient (Wildman–Crippen LogP) is 2.04. The van der Waals surface area contributed by atoms with Crippen LogP contribution in [0.3, 0.4) is 0 Å². The maximum absolute atomic E-state index is 11.1. The lowest BCUT2D eigenvalue weighted by atomic mass is 10.1. The van der Waals surface area contributed by atoms with Crippen LogP contribution < -0.4 is 11.1 Å². The van der Waals surface area contributed by atoms with Crippen LogP contribution in [-0.2, 0) is 0 Å². The number of nitrogens with two attached hydrogens (primary N) is 1. The van der Waals surface area contributed by atoms with Crippen molar-refractivity contribution in [1.82, 2.24) is 0 Å². The van der Waals surface area contributed by atoms with E-state index in [0.29, 0.717) is 0 Å². The maximum atomic E-state index is 11.1. The fourth-order valence-electron chi connectivity index (χ4n) is 1.35. The molecular formula is C12H18N2O. The smallest absolute Gasteiger partial charge is 0.159 e. The Bertz CT molecular complexity index is 323. The zero-order chi connectivity index (χ0) is 11.1. The number of hydrogen-bond acceptors (Lipinski definition) is 3. The minimum Gasteiger partial charge on any atom is -0.385 e. The summed E-state index contributed by atoms with van der Waals surface area (Å²) in [5.41, 5.74) is 7.15. The molecule has 3 heteroatoms. The van der Waals surface area contributed by atoms with Gasteiger partial charge in [0.25, 0.3) is 0 Å². The normalized spacial score (nSPS) is 10.0. The first kappa shape index (κ1) is 11.7. The Morgan fingerprint density at radius 2 is 2.20 bits per heavy atom. The van der Waals surface area contributed by atoms with Gasteiger partial charge in [0.2, 0.25) is 0 Å². The van der Waals surface area contributed by atoms with Gasteiger partial charge in [0.15, 0.2) is 5.78 Å². The van der Waals surface area contributed by atoms with E-state index in [1.54, 1.807) is 6.92 Å². The van der Waals surface area contributed by atoms with Crippen LogP contribution in [0.15, 0.2) is 24.3 Å². The summed E-state index contributed by atoms with van der Waals surface area (Å²) >= 11 is 0. The number of carbonyl (C=O) groups is 1. The van der Waals surface area contributed by atoms with Crippen molar-refractivity contribution in [3.63, 3.8) is 0 Å². The molecule has 3 N–H and O–H groups in total. The molecule has 0 unspecified atom stereocenters. The Balaban J connectivity index is 2.47. The molecule has 0 bridgehead atoms. The van der Waals surface area contributed by atoms with E-state index in [9.17, 15) is 4.79 Å². The Morgan fingerprint density at radius 3 is 2.87 bits per heavy atom. The molecule has 82 valence electrons. The van der Waals surface area contributed by atoms with Crippen molar-refractivity contribution in [1.29, 1.82) is 0 Å².